The molecule has 19 heavy (non-hydrogen) atoms. The van der Waals surface area contributed by atoms with Crippen molar-refractivity contribution in [1.29, 1.82) is 0 Å². The third-order valence-electron chi connectivity index (χ3n) is 3.24. The molecular formula is C14H18NO3S-. The molecule has 2 rings (SSSR count). The molecule has 0 atom stereocenters. The van der Waals surface area contributed by atoms with E-state index in [0.29, 0.717) is 13.0 Å². The first-order valence-electron chi connectivity index (χ1n) is 6.45. The summed E-state index contributed by atoms with van der Waals surface area (Å²) in [6.45, 7) is 2.41. The van der Waals surface area contributed by atoms with Gasteiger partial charge < -0.3 is 4.55 Å². The molecule has 1 aliphatic rings. The van der Waals surface area contributed by atoms with Crippen LogP contribution in [0, 0.1) is 0 Å². The average molecular weight is 280 g/mol. The van der Waals surface area contributed by atoms with Crippen molar-refractivity contribution in [2.24, 2.45) is 0 Å². The van der Waals surface area contributed by atoms with E-state index in [1.54, 1.807) is 0 Å². The monoisotopic (exact) mass is 280 g/mol. The van der Waals surface area contributed by atoms with Crippen LogP contribution in [-0.2, 0) is 10.1 Å². The number of rotatable bonds is 5. The summed E-state index contributed by atoms with van der Waals surface area (Å²) in [5, 5.41) is 0. The molecule has 0 aromatic heterocycles. The normalized spacial score (nSPS) is 17.2. The fourth-order valence-electron chi connectivity index (χ4n) is 2.32. The fraction of sp³-hybridized carbons (Fsp3) is 0.429. The fourth-order valence-corrected chi connectivity index (χ4v) is 2.81. The number of hydrogen-bond acceptors (Lipinski definition) is 4. The van der Waals surface area contributed by atoms with E-state index in [-0.39, 0.29) is 5.75 Å². The number of benzene rings is 1. The SMILES string of the molecule is O=S(=O)([O-])CCCN1CCC=C(c2ccccc2)C1. The minimum absolute atomic E-state index is 0.270. The van der Waals surface area contributed by atoms with Gasteiger partial charge in [-0.3, -0.25) is 4.90 Å². The second-order valence-corrected chi connectivity index (χ2v) is 6.30. The third-order valence-corrected chi connectivity index (χ3v) is 4.03. The Morgan fingerprint density at radius 3 is 2.63 bits per heavy atom. The smallest absolute Gasteiger partial charge is 0.0946 e. The molecule has 1 aliphatic heterocycles. The highest BCUT2D eigenvalue weighted by Crippen LogP contribution is 2.20. The van der Waals surface area contributed by atoms with Crippen LogP contribution in [0.2, 0.25) is 0 Å². The van der Waals surface area contributed by atoms with Gasteiger partial charge >= 0.3 is 0 Å². The highest BCUT2D eigenvalue weighted by atomic mass is 32.2. The summed E-state index contributed by atoms with van der Waals surface area (Å²) in [5.74, 6) is -0.270. The zero-order valence-corrected chi connectivity index (χ0v) is 11.6. The molecule has 1 aromatic rings. The lowest BCUT2D eigenvalue weighted by molar-refractivity contribution is 0.304. The summed E-state index contributed by atoms with van der Waals surface area (Å²) < 4.78 is 31.7. The van der Waals surface area contributed by atoms with E-state index < -0.39 is 10.1 Å². The van der Waals surface area contributed by atoms with Crippen molar-refractivity contribution >= 4 is 15.7 Å². The highest BCUT2D eigenvalue weighted by molar-refractivity contribution is 7.85. The van der Waals surface area contributed by atoms with Crippen molar-refractivity contribution in [3.63, 3.8) is 0 Å². The second kappa shape index (κ2) is 6.32. The summed E-state index contributed by atoms with van der Waals surface area (Å²) in [6.07, 6.45) is 3.61. The van der Waals surface area contributed by atoms with Crippen molar-refractivity contribution in [3.8, 4) is 0 Å². The molecule has 0 aliphatic carbocycles. The molecule has 0 fully saturated rings. The molecule has 0 saturated carbocycles. The van der Waals surface area contributed by atoms with Crippen LogP contribution in [0.5, 0.6) is 0 Å². The van der Waals surface area contributed by atoms with E-state index in [1.807, 2.05) is 18.2 Å². The lowest BCUT2D eigenvalue weighted by Gasteiger charge is -2.27. The topological polar surface area (TPSA) is 60.4 Å². The van der Waals surface area contributed by atoms with Gasteiger partial charge in [0.05, 0.1) is 10.1 Å². The van der Waals surface area contributed by atoms with Gasteiger partial charge in [0.1, 0.15) is 0 Å². The predicted molar refractivity (Wildman–Crippen MR) is 74.7 cm³/mol. The standard InChI is InChI=1S/C14H19NO3S/c16-19(17,18)11-5-10-15-9-4-8-14(12-15)13-6-2-1-3-7-13/h1-3,6-8H,4-5,9-12H2,(H,16,17,18)/p-1. The number of hydrogen-bond donors (Lipinski definition) is 0. The molecule has 0 unspecified atom stereocenters. The predicted octanol–water partition coefficient (Wildman–Crippen LogP) is 1.71. The van der Waals surface area contributed by atoms with Gasteiger partial charge in [0.15, 0.2) is 0 Å². The average Bonchev–Trinajstić information content (AvgIpc) is 2.39. The minimum atomic E-state index is -4.08. The molecule has 4 nitrogen and oxygen atoms in total. The Bertz CT molecular complexity index is 537. The van der Waals surface area contributed by atoms with Crippen LogP contribution in [0.3, 0.4) is 0 Å². The Morgan fingerprint density at radius 1 is 1.21 bits per heavy atom. The summed E-state index contributed by atoms with van der Waals surface area (Å²) >= 11 is 0. The Kier molecular flexibility index (Phi) is 4.74. The Morgan fingerprint density at radius 2 is 1.95 bits per heavy atom. The van der Waals surface area contributed by atoms with Crippen molar-refractivity contribution in [2.75, 3.05) is 25.4 Å². The summed E-state index contributed by atoms with van der Waals surface area (Å²) in [4.78, 5) is 2.20. The van der Waals surface area contributed by atoms with Crippen molar-refractivity contribution in [3.05, 3.63) is 42.0 Å². The van der Waals surface area contributed by atoms with Gasteiger partial charge in [0.2, 0.25) is 0 Å². The van der Waals surface area contributed by atoms with Gasteiger partial charge in [-0.25, -0.2) is 8.42 Å². The molecule has 104 valence electrons. The van der Waals surface area contributed by atoms with Crippen LogP contribution in [-0.4, -0.2) is 43.3 Å². The molecular weight excluding hydrogens is 262 g/mol. The lowest BCUT2D eigenvalue weighted by Crippen LogP contribution is -2.31. The molecule has 1 heterocycles. The zero-order chi connectivity index (χ0) is 13.7. The van der Waals surface area contributed by atoms with Gasteiger partial charge in [-0.2, -0.15) is 0 Å². The van der Waals surface area contributed by atoms with E-state index >= 15 is 0 Å². The molecule has 0 amide bonds. The van der Waals surface area contributed by atoms with Crippen LogP contribution >= 0.6 is 0 Å². The largest absolute Gasteiger partial charge is 0.748 e. The van der Waals surface area contributed by atoms with Crippen LogP contribution < -0.4 is 0 Å². The van der Waals surface area contributed by atoms with Crippen LogP contribution in [0.1, 0.15) is 18.4 Å². The Labute approximate surface area is 114 Å². The van der Waals surface area contributed by atoms with Crippen LogP contribution in [0.4, 0.5) is 0 Å². The maximum atomic E-state index is 10.6. The third kappa shape index (κ3) is 4.78. The van der Waals surface area contributed by atoms with E-state index in [2.05, 4.69) is 23.1 Å². The van der Waals surface area contributed by atoms with Crippen molar-refractivity contribution < 1.29 is 13.0 Å². The first kappa shape index (κ1) is 14.2. The van der Waals surface area contributed by atoms with Gasteiger partial charge in [-0.05, 0) is 30.5 Å². The zero-order valence-electron chi connectivity index (χ0n) is 10.8. The molecule has 1 aromatic carbocycles. The maximum Gasteiger partial charge on any atom is 0.0946 e. The van der Waals surface area contributed by atoms with Crippen molar-refractivity contribution in [1.82, 2.24) is 4.90 Å². The molecule has 0 bridgehead atoms. The quantitative estimate of drug-likeness (QED) is 0.770. The molecule has 0 radical (unpaired) electrons. The second-order valence-electron chi connectivity index (χ2n) is 4.78. The Hall–Kier alpha value is -1.17. The lowest BCUT2D eigenvalue weighted by atomic mass is 10.0. The maximum absolute atomic E-state index is 10.6. The summed E-state index contributed by atoms with van der Waals surface area (Å²) in [6, 6.07) is 10.2. The summed E-state index contributed by atoms with van der Waals surface area (Å²) in [7, 11) is -4.08. The molecule has 0 spiro atoms. The molecule has 0 N–H and O–H groups in total. The van der Waals surface area contributed by atoms with Gasteiger partial charge in [-0.15, -0.1) is 0 Å². The van der Waals surface area contributed by atoms with Crippen LogP contribution in [0.25, 0.3) is 5.57 Å². The van der Waals surface area contributed by atoms with Gasteiger partial charge in [-0.1, -0.05) is 36.4 Å². The van der Waals surface area contributed by atoms with E-state index in [4.69, 9.17) is 0 Å². The highest BCUT2D eigenvalue weighted by Gasteiger charge is 2.13. The Balaban J connectivity index is 1.89. The molecule has 0 saturated heterocycles. The van der Waals surface area contributed by atoms with Gasteiger partial charge in [0, 0.05) is 18.8 Å². The van der Waals surface area contributed by atoms with E-state index in [1.165, 1.54) is 11.1 Å². The van der Waals surface area contributed by atoms with E-state index in [0.717, 1.165) is 19.5 Å². The van der Waals surface area contributed by atoms with Crippen molar-refractivity contribution in [2.45, 2.75) is 12.8 Å². The molecule has 5 heteroatoms. The minimum Gasteiger partial charge on any atom is -0.748 e. The number of nitrogens with zero attached hydrogens (tertiary/aromatic N) is 1. The van der Waals surface area contributed by atoms with E-state index in [9.17, 15) is 13.0 Å². The van der Waals surface area contributed by atoms with Crippen LogP contribution in [0.15, 0.2) is 36.4 Å². The summed E-state index contributed by atoms with van der Waals surface area (Å²) in [5.41, 5.74) is 2.49. The first-order chi connectivity index (χ1) is 9.04. The first-order valence-corrected chi connectivity index (χ1v) is 8.03. The van der Waals surface area contributed by atoms with Gasteiger partial charge in [0.25, 0.3) is 0 Å².